The minimum absolute atomic E-state index is 0.0479. The predicted octanol–water partition coefficient (Wildman–Crippen LogP) is 2.02. The van der Waals surface area contributed by atoms with Gasteiger partial charge in [-0.3, -0.25) is 0 Å². The number of carboxylic acid groups (broad SMARTS) is 1. The summed E-state index contributed by atoms with van der Waals surface area (Å²) in [5, 5.41) is 12.4. The maximum atomic E-state index is 10.7. The lowest BCUT2D eigenvalue weighted by molar-refractivity contribution is 0.0697. The molecule has 1 rings (SSSR count). The summed E-state index contributed by atoms with van der Waals surface area (Å²) in [7, 11) is 1.39. The number of benzene rings is 1. The Labute approximate surface area is 85.7 Å². The summed E-state index contributed by atoms with van der Waals surface area (Å²) in [6.07, 6.45) is 1.36. The van der Waals surface area contributed by atoms with Gasteiger partial charge in [0.25, 0.3) is 0 Å². The van der Waals surface area contributed by atoms with Crippen LogP contribution in [-0.4, -0.2) is 24.4 Å². The Morgan fingerprint density at radius 2 is 2.36 bits per heavy atom. The van der Waals surface area contributed by atoms with Crippen molar-refractivity contribution in [2.75, 3.05) is 7.11 Å². The molecule has 5 heteroatoms. The van der Waals surface area contributed by atoms with Crippen molar-refractivity contribution in [3.05, 3.63) is 34.3 Å². The number of aromatic carboxylic acids is 1. The molecule has 0 saturated heterocycles. The molecule has 0 unspecified atom stereocenters. The van der Waals surface area contributed by atoms with Crippen LogP contribution in [0.2, 0.25) is 5.02 Å². The van der Waals surface area contributed by atoms with E-state index in [2.05, 4.69) is 9.99 Å². The summed E-state index contributed by atoms with van der Waals surface area (Å²) in [4.78, 5) is 15.2. The van der Waals surface area contributed by atoms with E-state index in [0.717, 1.165) is 0 Å². The van der Waals surface area contributed by atoms with Crippen molar-refractivity contribution in [1.82, 2.24) is 0 Å². The molecule has 0 aliphatic carbocycles. The molecular formula is C9H8ClNO3. The van der Waals surface area contributed by atoms with Gasteiger partial charge < -0.3 is 9.94 Å². The Bertz CT molecular complexity index is 376. The van der Waals surface area contributed by atoms with Crippen LogP contribution >= 0.6 is 11.6 Å². The van der Waals surface area contributed by atoms with E-state index in [0.29, 0.717) is 5.56 Å². The number of hydrogen-bond donors (Lipinski definition) is 1. The van der Waals surface area contributed by atoms with Gasteiger partial charge in [-0.25, -0.2) is 4.79 Å². The topological polar surface area (TPSA) is 58.9 Å². The highest BCUT2D eigenvalue weighted by Crippen LogP contribution is 2.19. The average molecular weight is 214 g/mol. The minimum atomic E-state index is -1.07. The predicted molar refractivity (Wildman–Crippen MR) is 53.0 cm³/mol. The van der Waals surface area contributed by atoms with Crippen LogP contribution in [0.4, 0.5) is 0 Å². The van der Waals surface area contributed by atoms with E-state index in [1.54, 1.807) is 12.1 Å². The Hall–Kier alpha value is -1.55. The van der Waals surface area contributed by atoms with E-state index in [-0.39, 0.29) is 10.6 Å². The Kier molecular flexibility index (Phi) is 3.48. The molecule has 4 nitrogen and oxygen atoms in total. The lowest BCUT2D eigenvalue weighted by Crippen LogP contribution is -1.99. The van der Waals surface area contributed by atoms with Gasteiger partial charge in [0.2, 0.25) is 0 Å². The average Bonchev–Trinajstić information content (AvgIpc) is 2.16. The standard InChI is InChI=1S/C9H8ClNO3/c1-14-11-5-6-3-2-4-7(8(6)10)9(12)13/h2-5H,1H3,(H,12,13)/b11-5+. The van der Waals surface area contributed by atoms with Crippen molar-refractivity contribution in [2.24, 2.45) is 5.16 Å². The van der Waals surface area contributed by atoms with Crippen LogP contribution in [0.5, 0.6) is 0 Å². The lowest BCUT2D eigenvalue weighted by atomic mass is 10.1. The minimum Gasteiger partial charge on any atom is -0.478 e. The molecule has 0 bridgehead atoms. The molecule has 1 aromatic rings. The maximum absolute atomic E-state index is 10.7. The van der Waals surface area contributed by atoms with Crippen molar-refractivity contribution < 1.29 is 14.7 Å². The van der Waals surface area contributed by atoms with Crippen LogP contribution < -0.4 is 0 Å². The van der Waals surface area contributed by atoms with Crippen molar-refractivity contribution >= 4 is 23.8 Å². The molecule has 1 aromatic carbocycles. The van der Waals surface area contributed by atoms with Gasteiger partial charge in [-0.05, 0) is 6.07 Å². The zero-order valence-corrected chi connectivity index (χ0v) is 8.15. The first-order valence-corrected chi connectivity index (χ1v) is 4.13. The first kappa shape index (κ1) is 10.5. The van der Waals surface area contributed by atoms with E-state index in [1.807, 2.05) is 0 Å². The fourth-order valence-electron chi connectivity index (χ4n) is 0.924. The van der Waals surface area contributed by atoms with Crippen LogP contribution in [0.25, 0.3) is 0 Å². The van der Waals surface area contributed by atoms with Crippen molar-refractivity contribution in [3.63, 3.8) is 0 Å². The Morgan fingerprint density at radius 3 is 2.93 bits per heavy atom. The SMILES string of the molecule is CO/N=C/c1cccc(C(=O)O)c1Cl. The summed E-state index contributed by atoms with van der Waals surface area (Å²) in [6.45, 7) is 0. The van der Waals surface area contributed by atoms with E-state index in [1.165, 1.54) is 19.4 Å². The maximum Gasteiger partial charge on any atom is 0.337 e. The molecule has 74 valence electrons. The first-order chi connectivity index (χ1) is 6.66. The third-order valence-electron chi connectivity index (χ3n) is 1.56. The number of hydrogen-bond acceptors (Lipinski definition) is 3. The highest BCUT2D eigenvalue weighted by molar-refractivity contribution is 6.35. The number of nitrogens with zero attached hydrogens (tertiary/aromatic N) is 1. The second-order valence-corrected chi connectivity index (χ2v) is 2.81. The van der Waals surface area contributed by atoms with E-state index >= 15 is 0 Å². The number of halogens is 1. The third-order valence-corrected chi connectivity index (χ3v) is 1.98. The van der Waals surface area contributed by atoms with Gasteiger partial charge in [-0.1, -0.05) is 28.9 Å². The van der Waals surface area contributed by atoms with Crippen LogP contribution in [0.3, 0.4) is 0 Å². The van der Waals surface area contributed by atoms with E-state index in [4.69, 9.17) is 16.7 Å². The fourth-order valence-corrected chi connectivity index (χ4v) is 1.18. The second kappa shape index (κ2) is 4.62. The molecule has 0 radical (unpaired) electrons. The van der Waals surface area contributed by atoms with E-state index < -0.39 is 5.97 Å². The van der Waals surface area contributed by atoms with Crippen molar-refractivity contribution in [2.45, 2.75) is 0 Å². The third kappa shape index (κ3) is 2.23. The molecule has 0 atom stereocenters. The second-order valence-electron chi connectivity index (χ2n) is 2.43. The normalized spacial score (nSPS) is 10.4. The van der Waals surface area contributed by atoms with Gasteiger partial charge in [0.15, 0.2) is 0 Å². The molecule has 0 aliphatic rings. The number of rotatable bonds is 3. The fraction of sp³-hybridized carbons (Fsp3) is 0.111. The first-order valence-electron chi connectivity index (χ1n) is 3.75. The Balaban J connectivity index is 3.14. The van der Waals surface area contributed by atoms with Gasteiger partial charge in [0.05, 0.1) is 16.8 Å². The molecule has 0 heterocycles. The lowest BCUT2D eigenvalue weighted by Gasteiger charge is -2.00. The summed E-state index contributed by atoms with van der Waals surface area (Å²) >= 11 is 5.81. The zero-order chi connectivity index (χ0) is 10.6. The van der Waals surface area contributed by atoms with Gasteiger partial charge in [0.1, 0.15) is 7.11 Å². The highest BCUT2D eigenvalue weighted by Gasteiger charge is 2.10. The monoisotopic (exact) mass is 213 g/mol. The molecule has 0 amide bonds. The molecule has 0 aromatic heterocycles. The molecule has 0 spiro atoms. The largest absolute Gasteiger partial charge is 0.478 e. The summed E-state index contributed by atoms with van der Waals surface area (Å²) < 4.78 is 0. The molecule has 14 heavy (non-hydrogen) atoms. The van der Waals surface area contributed by atoms with Crippen LogP contribution in [0.1, 0.15) is 15.9 Å². The summed E-state index contributed by atoms with van der Waals surface area (Å²) in [6, 6.07) is 4.67. The molecule has 0 fully saturated rings. The number of oxime groups is 1. The smallest absolute Gasteiger partial charge is 0.337 e. The summed E-state index contributed by atoms with van der Waals surface area (Å²) in [5.74, 6) is -1.07. The number of carbonyl (C=O) groups is 1. The number of carboxylic acids is 1. The van der Waals surface area contributed by atoms with Gasteiger partial charge in [0, 0.05) is 5.56 Å². The Morgan fingerprint density at radius 1 is 1.64 bits per heavy atom. The molecule has 0 aliphatic heterocycles. The van der Waals surface area contributed by atoms with Crippen molar-refractivity contribution in [1.29, 1.82) is 0 Å². The van der Waals surface area contributed by atoms with Gasteiger partial charge in [-0.15, -0.1) is 0 Å². The summed E-state index contributed by atoms with van der Waals surface area (Å²) in [5.41, 5.74) is 0.556. The molecule has 1 N–H and O–H groups in total. The van der Waals surface area contributed by atoms with Crippen LogP contribution in [-0.2, 0) is 4.84 Å². The zero-order valence-electron chi connectivity index (χ0n) is 7.40. The molecule has 0 saturated carbocycles. The quantitative estimate of drug-likeness (QED) is 0.617. The van der Waals surface area contributed by atoms with Gasteiger partial charge >= 0.3 is 5.97 Å². The molecular weight excluding hydrogens is 206 g/mol. The van der Waals surface area contributed by atoms with Crippen LogP contribution in [0, 0.1) is 0 Å². The highest BCUT2D eigenvalue weighted by atomic mass is 35.5. The van der Waals surface area contributed by atoms with E-state index in [9.17, 15) is 4.79 Å². The van der Waals surface area contributed by atoms with Crippen molar-refractivity contribution in [3.8, 4) is 0 Å². The van der Waals surface area contributed by atoms with Gasteiger partial charge in [-0.2, -0.15) is 0 Å². The van der Waals surface area contributed by atoms with Crippen LogP contribution in [0.15, 0.2) is 23.4 Å².